The van der Waals surface area contributed by atoms with Gasteiger partial charge >= 0.3 is 0 Å². The van der Waals surface area contributed by atoms with Crippen LogP contribution in [0.1, 0.15) is 19.3 Å². The Hall–Kier alpha value is -0.100. The molecule has 4 nitrogen and oxygen atoms in total. The van der Waals surface area contributed by atoms with Gasteiger partial charge in [-0.25, -0.2) is 12.7 Å². The second-order valence-electron chi connectivity index (χ2n) is 3.88. The number of sulfonamides is 1. The fourth-order valence-electron chi connectivity index (χ4n) is 1.79. The molecule has 1 unspecified atom stereocenters. The lowest BCUT2D eigenvalue weighted by Crippen LogP contribution is -2.47. The van der Waals surface area contributed by atoms with E-state index in [1.165, 1.54) is 0 Å². The van der Waals surface area contributed by atoms with Crippen LogP contribution >= 0.6 is 12.4 Å². The normalized spacial score (nSPS) is 22.4. The van der Waals surface area contributed by atoms with E-state index in [1.54, 1.807) is 10.4 Å². The number of allylic oxidation sites excluding steroid dienone is 1. The van der Waals surface area contributed by atoms with Crippen LogP contribution in [0, 0.1) is 0 Å². The van der Waals surface area contributed by atoms with Gasteiger partial charge < -0.3 is 5.32 Å². The van der Waals surface area contributed by atoms with Gasteiger partial charge in [0.1, 0.15) is 0 Å². The second kappa shape index (κ2) is 7.27. The zero-order valence-corrected chi connectivity index (χ0v) is 11.3. The average molecular weight is 269 g/mol. The predicted molar refractivity (Wildman–Crippen MR) is 69.5 cm³/mol. The molecule has 16 heavy (non-hydrogen) atoms. The molecular formula is C10H21ClN2O2S. The third kappa shape index (κ3) is 4.41. The molecule has 0 amide bonds. The number of nitrogens with one attached hydrogen (secondary N) is 1. The minimum Gasteiger partial charge on any atom is -0.316 e. The Labute approximate surface area is 105 Å². The summed E-state index contributed by atoms with van der Waals surface area (Å²) in [5.41, 5.74) is 0. The summed E-state index contributed by atoms with van der Waals surface area (Å²) < 4.78 is 25.3. The molecule has 0 aromatic carbocycles. The van der Waals surface area contributed by atoms with Crippen LogP contribution in [-0.2, 0) is 10.0 Å². The van der Waals surface area contributed by atoms with Crippen LogP contribution in [-0.4, -0.2) is 44.7 Å². The van der Waals surface area contributed by atoms with Crippen molar-refractivity contribution < 1.29 is 8.42 Å². The Morgan fingerprint density at radius 1 is 1.56 bits per heavy atom. The van der Waals surface area contributed by atoms with Gasteiger partial charge in [0.25, 0.3) is 0 Å². The molecule has 1 saturated heterocycles. The van der Waals surface area contributed by atoms with E-state index in [1.807, 2.05) is 7.05 Å². The van der Waals surface area contributed by atoms with Crippen molar-refractivity contribution in [2.45, 2.75) is 25.3 Å². The van der Waals surface area contributed by atoms with Crippen molar-refractivity contribution in [1.29, 1.82) is 0 Å². The third-order valence-electron chi connectivity index (χ3n) is 2.77. The van der Waals surface area contributed by atoms with Crippen molar-refractivity contribution >= 4 is 22.4 Å². The first-order valence-corrected chi connectivity index (χ1v) is 6.97. The maximum absolute atomic E-state index is 11.9. The zero-order valence-electron chi connectivity index (χ0n) is 9.68. The van der Waals surface area contributed by atoms with E-state index >= 15 is 0 Å². The van der Waals surface area contributed by atoms with Gasteiger partial charge in [-0.2, -0.15) is 0 Å². The topological polar surface area (TPSA) is 49.4 Å². The standard InChI is InChI=1S/C10H20N2O2S.ClH/c1-3-4-8-15(13,14)12-7-5-6-10(9-12)11-2;/h3,10-11H,1,4-9H2,2H3;1H. The fraction of sp³-hybridized carbons (Fsp3) is 0.800. The first-order valence-electron chi connectivity index (χ1n) is 5.36. The molecule has 0 aromatic heterocycles. The molecule has 1 aliphatic heterocycles. The Bertz CT molecular complexity index is 306. The van der Waals surface area contributed by atoms with Crippen molar-refractivity contribution in [3.8, 4) is 0 Å². The van der Waals surface area contributed by atoms with Crippen molar-refractivity contribution in [3.05, 3.63) is 12.7 Å². The quantitative estimate of drug-likeness (QED) is 0.757. The van der Waals surface area contributed by atoms with Crippen LogP contribution in [0.3, 0.4) is 0 Å². The minimum absolute atomic E-state index is 0. The highest BCUT2D eigenvalue weighted by molar-refractivity contribution is 7.89. The number of halogens is 1. The van der Waals surface area contributed by atoms with E-state index in [2.05, 4.69) is 11.9 Å². The van der Waals surface area contributed by atoms with Gasteiger partial charge in [-0.05, 0) is 26.3 Å². The molecule has 1 rings (SSSR count). The van der Waals surface area contributed by atoms with Crippen LogP contribution in [0.15, 0.2) is 12.7 Å². The van der Waals surface area contributed by atoms with Crippen LogP contribution in [0.2, 0.25) is 0 Å². The number of nitrogens with zero attached hydrogens (tertiary/aromatic N) is 1. The lowest BCUT2D eigenvalue weighted by Gasteiger charge is -2.31. The summed E-state index contributed by atoms with van der Waals surface area (Å²) in [5.74, 6) is 0.187. The third-order valence-corrected chi connectivity index (χ3v) is 4.64. The van der Waals surface area contributed by atoms with E-state index in [0.29, 0.717) is 25.6 Å². The van der Waals surface area contributed by atoms with Gasteiger partial charge in [0, 0.05) is 19.1 Å². The summed E-state index contributed by atoms with van der Waals surface area (Å²) in [6.45, 7) is 4.82. The van der Waals surface area contributed by atoms with Crippen LogP contribution in [0.4, 0.5) is 0 Å². The summed E-state index contributed by atoms with van der Waals surface area (Å²) in [4.78, 5) is 0. The van der Waals surface area contributed by atoms with Gasteiger partial charge in [-0.3, -0.25) is 0 Å². The lowest BCUT2D eigenvalue weighted by molar-refractivity contribution is 0.293. The molecule has 0 aliphatic carbocycles. The van der Waals surface area contributed by atoms with Crippen LogP contribution < -0.4 is 5.32 Å². The SMILES string of the molecule is C=CCCS(=O)(=O)N1CCCC(NC)C1.Cl. The largest absolute Gasteiger partial charge is 0.316 e. The molecule has 0 spiro atoms. The molecule has 1 atom stereocenters. The van der Waals surface area contributed by atoms with E-state index < -0.39 is 10.0 Å². The van der Waals surface area contributed by atoms with Crippen molar-refractivity contribution in [3.63, 3.8) is 0 Å². The molecule has 6 heteroatoms. The maximum atomic E-state index is 11.9. The summed E-state index contributed by atoms with van der Waals surface area (Å²) in [6, 6.07) is 0.303. The Balaban J connectivity index is 0.00000225. The summed E-state index contributed by atoms with van der Waals surface area (Å²) >= 11 is 0. The van der Waals surface area contributed by atoms with Crippen LogP contribution in [0.5, 0.6) is 0 Å². The number of hydrogen-bond donors (Lipinski definition) is 1. The molecule has 1 N–H and O–H groups in total. The number of likely N-dealkylation sites (N-methyl/N-ethyl adjacent to an activating group) is 1. The van der Waals surface area contributed by atoms with E-state index in [4.69, 9.17) is 0 Å². The monoisotopic (exact) mass is 268 g/mol. The number of rotatable bonds is 5. The van der Waals surface area contributed by atoms with Gasteiger partial charge in [0.05, 0.1) is 5.75 Å². The molecule has 1 aliphatic rings. The highest BCUT2D eigenvalue weighted by Crippen LogP contribution is 2.14. The lowest BCUT2D eigenvalue weighted by atomic mass is 10.1. The fourth-order valence-corrected chi connectivity index (χ4v) is 3.33. The van der Waals surface area contributed by atoms with Crippen molar-refractivity contribution in [1.82, 2.24) is 9.62 Å². The summed E-state index contributed by atoms with van der Waals surface area (Å²) in [7, 11) is -1.19. The highest BCUT2D eigenvalue weighted by Gasteiger charge is 2.27. The number of piperidine rings is 1. The molecule has 96 valence electrons. The Morgan fingerprint density at radius 3 is 2.81 bits per heavy atom. The zero-order chi connectivity index (χ0) is 11.3. The van der Waals surface area contributed by atoms with E-state index in [-0.39, 0.29) is 18.2 Å². The molecule has 1 heterocycles. The smallest absolute Gasteiger partial charge is 0.214 e. The number of hydrogen-bond acceptors (Lipinski definition) is 3. The Morgan fingerprint density at radius 2 is 2.25 bits per heavy atom. The summed E-state index contributed by atoms with van der Waals surface area (Å²) in [5, 5.41) is 3.14. The molecule has 0 saturated carbocycles. The Kier molecular flexibility index (Phi) is 7.22. The van der Waals surface area contributed by atoms with E-state index in [9.17, 15) is 8.42 Å². The first kappa shape index (κ1) is 15.9. The summed E-state index contributed by atoms with van der Waals surface area (Å²) in [6.07, 6.45) is 4.18. The first-order chi connectivity index (χ1) is 7.10. The highest BCUT2D eigenvalue weighted by atomic mass is 35.5. The average Bonchev–Trinajstić information content (AvgIpc) is 2.26. The van der Waals surface area contributed by atoms with Gasteiger partial charge in [0.2, 0.25) is 10.0 Å². The minimum atomic E-state index is -3.07. The van der Waals surface area contributed by atoms with Gasteiger partial charge in [-0.1, -0.05) is 6.08 Å². The van der Waals surface area contributed by atoms with Crippen molar-refractivity contribution in [2.24, 2.45) is 0 Å². The molecule has 1 fully saturated rings. The van der Waals surface area contributed by atoms with Crippen LogP contribution in [0.25, 0.3) is 0 Å². The van der Waals surface area contributed by atoms with E-state index in [0.717, 1.165) is 12.8 Å². The molecule has 0 aromatic rings. The van der Waals surface area contributed by atoms with Crippen molar-refractivity contribution in [2.75, 3.05) is 25.9 Å². The molecule has 0 bridgehead atoms. The second-order valence-corrected chi connectivity index (χ2v) is 5.97. The van der Waals surface area contributed by atoms with Gasteiger partial charge in [0.15, 0.2) is 0 Å². The van der Waals surface area contributed by atoms with Gasteiger partial charge in [-0.15, -0.1) is 19.0 Å². The molecular weight excluding hydrogens is 248 g/mol. The maximum Gasteiger partial charge on any atom is 0.214 e. The molecule has 0 radical (unpaired) electrons. The predicted octanol–water partition coefficient (Wildman–Crippen LogP) is 0.998.